The van der Waals surface area contributed by atoms with Crippen molar-refractivity contribution in [2.75, 3.05) is 0 Å². The normalized spacial score (nSPS) is 10.6. The van der Waals surface area contributed by atoms with Gasteiger partial charge in [-0.15, -0.1) is 0 Å². The van der Waals surface area contributed by atoms with E-state index in [2.05, 4.69) is 5.32 Å². The van der Waals surface area contributed by atoms with Gasteiger partial charge in [-0.05, 0) is 42.5 Å². The van der Waals surface area contributed by atoms with Crippen molar-refractivity contribution in [1.82, 2.24) is 5.32 Å². The van der Waals surface area contributed by atoms with Crippen molar-refractivity contribution < 1.29 is 28.1 Å². The van der Waals surface area contributed by atoms with Gasteiger partial charge in [0.05, 0.1) is 23.3 Å². The number of nitrogens with one attached hydrogen (secondary N) is 1. The highest BCUT2D eigenvalue weighted by atomic mass is 16.6. The van der Waals surface area contributed by atoms with Crippen LogP contribution in [0.25, 0.3) is 11.0 Å². The number of hydrogen-bond donors (Lipinski definition) is 1. The van der Waals surface area contributed by atoms with Crippen molar-refractivity contribution in [2.45, 2.75) is 6.54 Å². The third-order valence-corrected chi connectivity index (χ3v) is 4.48. The lowest BCUT2D eigenvalue weighted by atomic mass is 10.1. The fourth-order valence-corrected chi connectivity index (χ4v) is 2.87. The second-order valence-corrected chi connectivity index (χ2v) is 6.60. The summed E-state index contributed by atoms with van der Waals surface area (Å²) < 4.78 is 15.6. The summed E-state index contributed by atoms with van der Waals surface area (Å²) in [6, 6.07) is 14.0. The fraction of sp³-hybridized carbons (Fsp3) is 0.0455. The maximum Gasteiger partial charge on any atom is 0.349 e. The summed E-state index contributed by atoms with van der Waals surface area (Å²) in [5.41, 5.74) is -0.960. The second kappa shape index (κ2) is 8.56. The van der Waals surface area contributed by atoms with E-state index in [1.807, 2.05) is 0 Å². The zero-order chi connectivity index (χ0) is 22.7. The van der Waals surface area contributed by atoms with Crippen LogP contribution in [0.5, 0.6) is 5.75 Å². The summed E-state index contributed by atoms with van der Waals surface area (Å²) in [5, 5.41) is 13.7. The van der Waals surface area contributed by atoms with Crippen LogP contribution < -0.4 is 15.7 Å². The average molecular weight is 434 g/mol. The highest BCUT2D eigenvalue weighted by Crippen LogP contribution is 2.22. The third-order valence-electron chi connectivity index (χ3n) is 4.48. The van der Waals surface area contributed by atoms with Crippen LogP contribution in [-0.2, 0) is 6.54 Å². The van der Waals surface area contributed by atoms with Crippen molar-refractivity contribution in [2.24, 2.45) is 0 Å². The molecule has 4 rings (SSSR count). The Balaban J connectivity index is 1.51. The standard InChI is InChI=1S/C22H14N2O8/c25-20(23-12-17-2-1-9-30-17)18-10-14-5-8-16(11-19(14)32-22(18)27)31-21(26)13-3-6-15(7-4-13)24(28)29/h1-11H,12H2,(H,23,25). The molecule has 0 radical (unpaired) electrons. The number of carbonyl (C=O) groups excluding carboxylic acids is 2. The van der Waals surface area contributed by atoms with Crippen LogP contribution >= 0.6 is 0 Å². The van der Waals surface area contributed by atoms with E-state index in [-0.39, 0.29) is 34.7 Å². The first kappa shape index (κ1) is 20.5. The van der Waals surface area contributed by atoms with Crippen molar-refractivity contribution in [3.05, 3.63) is 104 Å². The Morgan fingerprint density at radius 2 is 1.84 bits per heavy atom. The van der Waals surface area contributed by atoms with Gasteiger partial charge < -0.3 is 18.9 Å². The molecule has 0 spiro atoms. The maximum atomic E-state index is 12.3. The summed E-state index contributed by atoms with van der Waals surface area (Å²) in [6.07, 6.45) is 1.47. The van der Waals surface area contributed by atoms with E-state index < -0.39 is 22.4 Å². The summed E-state index contributed by atoms with van der Waals surface area (Å²) in [7, 11) is 0. The molecule has 0 aliphatic rings. The van der Waals surface area contributed by atoms with Crippen molar-refractivity contribution in [3.63, 3.8) is 0 Å². The molecule has 0 aliphatic carbocycles. The summed E-state index contributed by atoms with van der Waals surface area (Å²) in [5.74, 6) is -0.733. The number of hydrogen-bond acceptors (Lipinski definition) is 8. The number of ether oxygens (including phenoxy) is 1. The second-order valence-electron chi connectivity index (χ2n) is 6.60. The van der Waals surface area contributed by atoms with E-state index in [1.165, 1.54) is 54.8 Å². The molecular formula is C22H14N2O8. The molecule has 1 N–H and O–H groups in total. The minimum atomic E-state index is -0.853. The Kier molecular flexibility index (Phi) is 5.49. The number of esters is 1. The van der Waals surface area contributed by atoms with Crippen LogP contribution in [0, 0.1) is 10.1 Å². The first-order chi connectivity index (χ1) is 15.4. The van der Waals surface area contributed by atoms with E-state index >= 15 is 0 Å². The molecule has 2 aromatic heterocycles. The zero-order valence-electron chi connectivity index (χ0n) is 16.3. The number of non-ortho nitro benzene ring substituents is 1. The SMILES string of the molecule is O=C(Oc1ccc2cc(C(=O)NCc3ccco3)c(=O)oc2c1)c1ccc([N+](=O)[O-])cc1. The van der Waals surface area contributed by atoms with Gasteiger partial charge in [0.15, 0.2) is 0 Å². The summed E-state index contributed by atoms with van der Waals surface area (Å²) in [4.78, 5) is 47.0. The molecule has 10 nitrogen and oxygen atoms in total. The molecule has 0 aliphatic heterocycles. The minimum absolute atomic E-state index is 0.0963. The molecule has 4 aromatic rings. The molecule has 10 heteroatoms. The van der Waals surface area contributed by atoms with Crippen molar-refractivity contribution in [3.8, 4) is 5.75 Å². The van der Waals surface area contributed by atoms with Crippen LogP contribution in [0.3, 0.4) is 0 Å². The molecule has 2 heterocycles. The molecule has 0 bridgehead atoms. The van der Waals surface area contributed by atoms with Crippen molar-refractivity contribution >= 4 is 28.5 Å². The Hall–Kier alpha value is -4.73. The molecule has 160 valence electrons. The van der Waals surface area contributed by atoms with E-state index in [1.54, 1.807) is 12.1 Å². The first-order valence-electron chi connectivity index (χ1n) is 9.26. The fourth-order valence-electron chi connectivity index (χ4n) is 2.87. The number of nitrogens with zero attached hydrogens (tertiary/aromatic N) is 1. The van der Waals surface area contributed by atoms with E-state index in [0.717, 1.165) is 0 Å². The van der Waals surface area contributed by atoms with E-state index in [9.17, 15) is 24.5 Å². The van der Waals surface area contributed by atoms with Gasteiger partial charge in [0.1, 0.15) is 22.7 Å². The van der Waals surface area contributed by atoms with Gasteiger partial charge in [-0.3, -0.25) is 14.9 Å². The number of furan rings is 1. The quantitative estimate of drug-likeness (QED) is 0.160. The Bertz CT molecular complexity index is 1370. The summed E-state index contributed by atoms with van der Waals surface area (Å²) >= 11 is 0. The number of nitro groups is 1. The van der Waals surface area contributed by atoms with E-state index in [0.29, 0.717) is 11.1 Å². The molecule has 0 fully saturated rings. The lowest BCUT2D eigenvalue weighted by Gasteiger charge is -2.07. The summed E-state index contributed by atoms with van der Waals surface area (Å²) in [6.45, 7) is 0.112. The highest BCUT2D eigenvalue weighted by Gasteiger charge is 2.16. The highest BCUT2D eigenvalue weighted by molar-refractivity contribution is 5.97. The molecule has 0 saturated heterocycles. The third kappa shape index (κ3) is 4.38. The lowest BCUT2D eigenvalue weighted by molar-refractivity contribution is -0.384. The van der Waals surface area contributed by atoms with Gasteiger partial charge in [-0.25, -0.2) is 9.59 Å². The average Bonchev–Trinajstić information content (AvgIpc) is 3.30. The number of nitro benzene ring substituents is 1. The zero-order valence-corrected chi connectivity index (χ0v) is 16.3. The predicted molar refractivity (Wildman–Crippen MR) is 110 cm³/mol. The largest absolute Gasteiger partial charge is 0.467 e. The number of rotatable bonds is 6. The topological polar surface area (TPSA) is 142 Å². The molecule has 0 unspecified atom stereocenters. The lowest BCUT2D eigenvalue weighted by Crippen LogP contribution is -2.27. The minimum Gasteiger partial charge on any atom is -0.467 e. The first-order valence-corrected chi connectivity index (χ1v) is 9.26. The molecule has 32 heavy (non-hydrogen) atoms. The van der Waals surface area contributed by atoms with Crippen LogP contribution in [0.15, 0.2) is 80.6 Å². The van der Waals surface area contributed by atoms with Crippen LogP contribution in [0.4, 0.5) is 5.69 Å². The van der Waals surface area contributed by atoms with Gasteiger partial charge in [0.2, 0.25) is 0 Å². The van der Waals surface area contributed by atoms with Crippen LogP contribution in [-0.4, -0.2) is 16.8 Å². The predicted octanol–water partition coefficient (Wildman–Crippen LogP) is 3.44. The molecule has 0 atom stereocenters. The van der Waals surface area contributed by atoms with Crippen LogP contribution in [0.2, 0.25) is 0 Å². The number of fused-ring (bicyclic) bond motifs is 1. The Morgan fingerprint density at radius 3 is 2.53 bits per heavy atom. The van der Waals surface area contributed by atoms with Gasteiger partial charge in [0.25, 0.3) is 11.6 Å². The molecule has 0 saturated carbocycles. The number of amides is 1. The number of benzene rings is 2. The maximum absolute atomic E-state index is 12.3. The van der Waals surface area contributed by atoms with Crippen LogP contribution in [0.1, 0.15) is 26.5 Å². The molecule has 1 amide bonds. The van der Waals surface area contributed by atoms with Gasteiger partial charge in [-0.1, -0.05) is 0 Å². The Morgan fingerprint density at radius 1 is 1.06 bits per heavy atom. The molecular weight excluding hydrogens is 420 g/mol. The van der Waals surface area contributed by atoms with Gasteiger partial charge >= 0.3 is 11.6 Å². The smallest absolute Gasteiger partial charge is 0.349 e. The molecule has 2 aromatic carbocycles. The Labute approximate surface area is 179 Å². The van der Waals surface area contributed by atoms with E-state index in [4.69, 9.17) is 13.6 Å². The van der Waals surface area contributed by atoms with Gasteiger partial charge in [-0.2, -0.15) is 0 Å². The van der Waals surface area contributed by atoms with Crippen molar-refractivity contribution in [1.29, 1.82) is 0 Å². The number of carbonyl (C=O) groups is 2. The monoisotopic (exact) mass is 434 g/mol. The van der Waals surface area contributed by atoms with Gasteiger partial charge in [0, 0.05) is 23.6 Å².